The van der Waals surface area contributed by atoms with E-state index < -0.39 is 0 Å². The van der Waals surface area contributed by atoms with Gasteiger partial charge in [-0.25, -0.2) is 4.98 Å². The van der Waals surface area contributed by atoms with Crippen LogP contribution in [0.4, 0.5) is 11.4 Å². The molecule has 0 aliphatic carbocycles. The Hall–Kier alpha value is -3.60. The third kappa shape index (κ3) is 4.29. The van der Waals surface area contributed by atoms with Crippen LogP contribution in [0, 0.1) is 13.8 Å². The first-order valence-corrected chi connectivity index (χ1v) is 9.74. The Balaban J connectivity index is 1.33. The first kappa shape index (κ1) is 18.7. The number of para-hydroxylation sites is 1. The monoisotopic (exact) mass is 384 g/mol. The molecule has 0 fully saturated rings. The third-order valence-electron chi connectivity index (χ3n) is 5.16. The van der Waals surface area contributed by atoms with Crippen LogP contribution in [0.15, 0.2) is 67.0 Å². The molecule has 3 N–H and O–H groups in total. The van der Waals surface area contributed by atoms with E-state index in [0.29, 0.717) is 5.69 Å². The van der Waals surface area contributed by atoms with Gasteiger partial charge in [0.1, 0.15) is 5.69 Å². The third-order valence-corrected chi connectivity index (χ3v) is 5.16. The Morgan fingerprint density at radius 3 is 2.62 bits per heavy atom. The molecule has 0 aliphatic rings. The van der Waals surface area contributed by atoms with Crippen molar-refractivity contribution in [2.45, 2.75) is 20.3 Å². The number of aromatic amines is 1. The van der Waals surface area contributed by atoms with Gasteiger partial charge in [-0.15, -0.1) is 0 Å². The molecule has 1 amide bonds. The fourth-order valence-electron chi connectivity index (χ4n) is 3.33. The molecule has 5 heteroatoms. The van der Waals surface area contributed by atoms with Crippen LogP contribution in [0.3, 0.4) is 0 Å². The lowest BCUT2D eigenvalue weighted by molar-refractivity contribution is 0.102. The van der Waals surface area contributed by atoms with E-state index >= 15 is 0 Å². The molecule has 0 spiro atoms. The van der Waals surface area contributed by atoms with Crippen LogP contribution in [0.1, 0.15) is 27.2 Å². The minimum absolute atomic E-state index is 0.210. The largest absolute Gasteiger partial charge is 0.383 e. The first-order chi connectivity index (χ1) is 14.1. The van der Waals surface area contributed by atoms with Gasteiger partial charge < -0.3 is 15.6 Å². The topological polar surface area (TPSA) is 69.8 Å². The molecule has 146 valence electrons. The molecule has 0 saturated heterocycles. The van der Waals surface area contributed by atoms with E-state index in [-0.39, 0.29) is 5.91 Å². The number of nitrogens with one attached hydrogen (secondary N) is 3. The maximum absolute atomic E-state index is 12.4. The van der Waals surface area contributed by atoms with Crippen molar-refractivity contribution in [2.24, 2.45) is 0 Å². The molecule has 2 aromatic carbocycles. The molecule has 0 aliphatic heterocycles. The second-order valence-electron chi connectivity index (χ2n) is 7.22. The number of nitrogens with zero attached hydrogens (tertiary/aromatic N) is 1. The van der Waals surface area contributed by atoms with Crippen molar-refractivity contribution in [1.29, 1.82) is 0 Å². The summed E-state index contributed by atoms with van der Waals surface area (Å²) in [5, 5.41) is 7.52. The highest BCUT2D eigenvalue weighted by Crippen LogP contribution is 2.18. The summed E-state index contributed by atoms with van der Waals surface area (Å²) in [6.45, 7) is 4.87. The summed E-state index contributed by atoms with van der Waals surface area (Å²) in [5.74, 6) is -0.210. The van der Waals surface area contributed by atoms with E-state index in [4.69, 9.17) is 0 Å². The van der Waals surface area contributed by atoms with Gasteiger partial charge in [-0.1, -0.05) is 24.3 Å². The Morgan fingerprint density at radius 2 is 1.83 bits per heavy atom. The van der Waals surface area contributed by atoms with Gasteiger partial charge in [0.25, 0.3) is 5.91 Å². The quantitative estimate of drug-likeness (QED) is 0.434. The summed E-state index contributed by atoms with van der Waals surface area (Å²) in [6, 6.07) is 17.8. The molecule has 2 aromatic heterocycles. The zero-order chi connectivity index (χ0) is 20.2. The lowest BCUT2D eigenvalue weighted by atomic mass is 10.1. The molecular formula is C24H24N4O. The molecule has 0 atom stereocenters. The van der Waals surface area contributed by atoms with Crippen molar-refractivity contribution in [1.82, 2.24) is 9.97 Å². The van der Waals surface area contributed by atoms with Crippen molar-refractivity contribution >= 4 is 28.2 Å². The number of hydrogen-bond acceptors (Lipinski definition) is 3. The highest BCUT2D eigenvalue weighted by atomic mass is 16.1. The van der Waals surface area contributed by atoms with Crippen LogP contribution >= 0.6 is 0 Å². The Bertz CT molecular complexity index is 1150. The summed E-state index contributed by atoms with van der Waals surface area (Å²) in [4.78, 5) is 20.0. The van der Waals surface area contributed by atoms with Crippen molar-refractivity contribution in [2.75, 3.05) is 17.2 Å². The molecule has 29 heavy (non-hydrogen) atoms. The summed E-state index contributed by atoms with van der Waals surface area (Å²) in [7, 11) is 0. The van der Waals surface area contributed by atoms with Gasteiger partial charge in [-0.05, 0) is 67.3 Å². The lowest BCUT2D eigenvalue weighted by Gasteiger charge is -2.09. The molecule has 4 aromatic rings. The summed E-state index contributed by atoms with van der Waals surface area (Å²) < 4.78 is 0. The highest BCUT2D eigenvalue weighted by Gasteiger charge is 2.08. The second kappa shape index (κ2) is 8.19. The van der Waals surface area contributed by atoms with Crippen LogP contribution in [-0.4, -0.2) is 22.4 Å². The predicted molar refractivity (Wildman–Crippen MR) is 119 cm³/mol. The van der Waals surface area contributed by atoms with E-state index in [1.54, 1.807) is 12.3 Å². The number of rotatable bonds is 6. The summed E-state index contributed by atoms with van der Waals surface area (Å²) in [6.07, 6.45) is 4.66. The van der Waals surface area contributed by atoms with Crippen molar-refractivity contribution in [3.05, 3.63) is 89.4 Å². The van der Waals surface area contributed by atoms with E-state index in [9.17, 15) is 4.79 Å². The van der Waals surface area contributed by atoms with Crippen LogP contribution < -0.4 is 10.6 Å². The minimum Gasteiger partial charge on any atom is -0.383 e. The van der Waals surface area contributed by atoms with Gasteiger partial charge in [0.05, 0.1) is 11.9 Å². The number of pyridine rings is 1. The van der Waals surface area contributed by atoms with Crippen LogP contribution in [0.25, 0.3) is 10.9 Å². The number of H-pyrrole nitrogens is 1. The Morgan fingerprint density at radius 1 is 1.00 bits per heavy atom. The standard InChI is InChI=1S/C24H24N4O/c1-16-7-8-19(13-17(16)2)28-24(29)23-10-9-20(15-27-23)25-12-11-18-14-26-22-6-4-3-5-21(18)22/h3-10,13-15,25-26H,11-12H2,1-2H3,(H,28,29). The lowest BCUT2D eigenvalue weighted by Crippen LogP contribution is -2.14. The molecule has 0 saturated carbocycles. The number of fused-ring (bicyclic) bond motifs is 1. The number of carbonyl (C=O) groups excluding carboxylic acids is 1. The summed E-state index contributed by atoms with van der Waals surface area (Å²) in [5.41, 5.74) is 6.85. The molecule has 4 rings (SSSR count). The van der Waals surface area contributed by atoms with Crippen LogP contribution in [-0.2, 0) is 6.42 Å². The number of hydrogen-bond donors (Lipinski definition) is 3. The number of carbonyl (C=O) groups is 1. The SMILES string of the molecule is Cc1ccc(NC(=O)c2ccc(NCCc3c[nH]c4ccccc34)cn2)cc1C. The maximum Gasteiger partial charge on any atom is 0.274 e. The van der Waals surface area contributed by atoms with Crippen LogP contribution in [0.5, 0.6) is 0 Å². The second-order valence-corrected chi connectivity index (χ2v) is 7.22. The predicted octanol–water partition coefficient (Wildman–Crippen LogP) is 5.09. The van der Waals surface area contributed by atoms with E-state index in [0.717, 1.165) is 35.4 Å². The maximum atomic E-state index is 12.4. The molecular weight excluding hydrogens is 360 g/mol. The van der Waals surface area contributed by atoms with Crippen molar-refractivity contribution in [3.63, 3.8) is 0 Å². The molecule has 5 nitrogen and oxygen atoms in total. The van der Waals surface area contributed by atoms with E-state index in [2.05, 4.69) is 45.0 Å². The van der Waals surface area contributed by atoms with Gasteiger partial charge >= 0.3 is 0 Å². The normalized spacial score (nSPS) is 10.8. The van der Waals surface area contributed by atoms with Gasteiger partial charge in [0.2, 0.25) is 0 Å². The van der Waals surface area contributed by atoms with E-state index in [1.165, 1.54) is 16.5 Å². The number of amides is 1. The van der Waals surface area contributed by atoms with E-state index in [1.807, 2.05) is 44.2 Å². The number of aryl methyl sites for hydroxylation is 2. The molecule has 0 bridgehead atoms. The summed E-state index contributed by atoms with van der Waals surface area (Å²) >= 11 is 0. The smallest absolute Gasteiger partial charge is 0.274 e. The fraction of sp³-hybridized carbons (Fsp3) is 0.167. The van der Waals surface area contributed by atoms with Crippen molar-refractivity contribution in [3.8, 4) is 0 Å². The average Bonchev–Trinajstić information content (AvgIpc) is 3.14. The zero-order valence-electron chi connectivity index (χ0n) is 16.6. The Kier molecular flexibility index (Phi) is 5.29. The highest BCUT2D eigenvalue weighted by molar-refractivity contribution is 6.03. The number of anilines is 2. The first-order valence-electron chi connectivity index (χ1n) is 9.74. The van der Waals surface area contributed by atoms with Crippen LogP contribution in [0.2, 0.25) is 0 Å². The Labute approximate surface area is 170 Å². The van der Waals surface area contributed by atoms with Gasteiger partial charge in [-0.3, -0.25) is 4.79 Å². The average molecular weight is 384 g/mol. The number of aromatic nitrogens is 2. The minimum atomic E-state index is -0.210. The number of benzene rings is 2. The zero-order valence-corrected chi connectivity index (χ0v) is 16.6. The molecule has 2 heterocycles. The van der Waals surface area contributed by atoms with Gasteiger partial charge in [0.15, 0.2) is 0 Å². The molecule has 0 radical (unpaired) electrons. The molecule has 0 unspecified atom stereocenters. The van der Waals surface area contributed by atoms with Gasteiger partial charge in [0, 0.05) is 29.3 Å². The fourth-order valence-corrected chi connectivity index (χ4v) is 3.33. The van der Waals surface area contributed by atoms with Crippen molar-refractivity contribution < 1.29 is 4.79 Å². The van der Waals surface area contributed by atoms with Gasteiger partial charge in [-0.2, -0.15) is 0 Å².